The summed E-state index contributed by atoms with van der Waals surface area (Å²) in [6.45, 7) is 10.5. The molecule has 1 aromatic carbocycles. The average molecular weight is 477 g/mol. The first kappa shape index (κ1) is 24.9. The molecule has 0 saturated heterocycles. The molecule has 0 spiro atoms. The minimum absolute atomic E-state index is 0.0742. The van der Waals surface area contributed by atoms with E-state index in [0.717, 1.165) is 23.5 Å². The number of para-hydroxylation sites is 1. The fraction of sp³-hybridized carbons (Fsp3) is 0.308. The highest BCUT2D eigenvalue weighted by Gasteiger charge is 2.19. The lowest BCUT2D eigenvalue weighted by Gasteiger charge is -2.17. The van der Waals surface area contributed by atoms with Crippen molar-refractivity contribution in [2.24, 2.45) is 5.92 Å². The maximum atomic E-state index is 12.6. The molecule has 0 radical (unpaired) electrons. The van der Waals surface area contributed by atoms with Crippen molar-refractivity contribution in [1.82, 2.24) is 9.55 Å². The lowest BCUT2D eigenvalue weighted by molar-refractivity contribution is -0.139. The van der Waals surface area contributed by atoms with Crippen molar-refractivity contribution in [3.8, 4) is 6.07 Å². The number of hydrogen-bond acceptors (Lipinski definition) is 6. The fourth-order valence-electron chi connectivity index (χ4n) is 3.60. The molecule has 0 fully saturated rings. The number of nitrogens with zero attached hydrogens (tertiary/aromatic N) is 4. The van der Waals surface area contributed by atoms with Gasteiger partial charge in [-0.2, -0.15) is 5.26 Å². The zero-order chi connectivity index (χ0) is 24.8. The predicted molar refractivity (Wildman–Crippen MR) is 134 cm³/mol. The maximum Gasteiger partial charge on any atom is 0.349 e. The van der Waals surface area contributed by atoms with Gasteiger partial charge >= 0.3 is 5.97 Å². The number of carbonyl (C=O) groups excluding carboxylic acids is 2. The number of amides is 1. The number of nitriles is 1. The van der Waals surface area contributed by atoms with E-state index in [0.29, 0.717) is 22.4 Å². The molecule has 176 valence electrons. The van der Waals surface area contributed by atoms with Gasteiger partial charge in [-0.05, 0) is 49.6 Å². The van der Waals surface area contributed by atoms with Gasteiger partial charge in [-0.15, -0.1) is 11.3 Å². The number of thiazole rings is 1. The van der Waals surface area contributed by atoms with Gasteiger partial charge in [0.15, 0.2) is 5.13 Å². The standard InChI is InChI=1S/C26H28N4O3S/c1-17(2)14-29-18(3)11-21(19(29)4)12-22(13-27)25(32)33-15-23-16-34-26(28-23)30(20(5)31)24-9-7-6-8-10-24/h6-12,16-17H,14-15H2,1-5H3/b22-12+. The second kappa shape index (κ2) is 10.9. The number of anilines is 2. The third kappa shape index (κ3) is 5.80. The lowest BCUT2D eigenvalue weighted by Crippen LogP contribution is -2.22. The van der Waals surface area contributed by atoms with Gasteiger partial charge in [0.25, 0.3) is 0 Å². The molecule has 2 aromatic heterocycles. The van der Waals surface area contributed by atoms with Crippen LogP contribution in [-0.2, 0) is 27.5 Å². The first-order chi connectivity index (χ1) is 16.2. The van der Waals surface area contributed by atoms with Crippen LogP contribution in [0.15, 0.2) is 47.4 Å². The Bertz CT molecular complexity index is 1250. The molecular weight excluding hydrogens is 448 g/mol. The van der Waals surface area contributed by atoms with Gasteiger partial charge in [0.1, 0.15) is 18.2 Å². The summed E-state index contributed by atoms with van der Waals surface area (Å²) in [4.78, 5) is 30.7. The Labute approximate surface area is 203 Å². The summed E-state index contributed by atoms with van der Waals surface area (Å²) in [6, 6.07) is 13.1. The lowest BCUT2D eigenvalue weighted by atomic mass is 10.1. The summed E-state index contributed by atoms with van der Waals surface area (Å²) in [6.07, 6.45) is 1.57. The van der Waals surface area contributed by atoms with E-state index >= 15 is 0 Å². The second-order valence-corrected chi connectivity index (χ2v) is 9.22. The van der Waals surface area contributed by atoms with Crippen molar-refractivity contribution in [2.75, 3.05) is 4.90 Å². The first-order valence-electron chi connectivity index (χ1n) is 11.0. The first-order valence-corrected chi connectivity index (χ1v) is 11.8. The van der Waals surface area contributed by atoms with Crippen molar-refractivity contribution < 1.29 is 14.3 Å². The Hall–Kier alpha value is -3.70. The number of benzene rings is 1. The van der Waals surface area contributed by atoms with Crippen LogP contribution in [0.4, 0.5) is 10.8 Å². The summed E-state index contributed by atoms with van der Waals surface area (Å²) in [5.41, 5.74) is 4.03. The number of rotatable bonds is 8. The van der Waals surface area contributed by atoms with Crippen molar-refractivity contribution >= 4 is 40.1 Å². The van der Waals surface area contributed by atoms with Gasteiger partial charge in [-0.1, -0.05) is 32.0 Å². The van der Waals surface area contributed by atoms with Crippen LogP contribution < -0.4 is 4.90 Å². The highest BCUT2D eigenvalue weighted by Crippen LogP contribution is 2.29. The quantitative estimate of drug-likeness (QED) is 0.242. The van der Waals surface area contributed by atoms with E-state index in [1.165, 1.54) is 23.2 Å². The minimum atomic E-state index is -0.711. The number of aromatic nitrogens is 2. The molecule has 3 rings (SSSR count). The normalized spacial score (nSPS) is 11.4. The molecule has 0 N–H and O–H groups in total. The smallest absolute Gasteiger partial charge is 0.349 e. The zero-order valence-electron chi connectivity index (χ0n) is 20.0. The van der Waals surface area contributed by atoms with Crippen molar-refractivity contribution in [3.05, 3.63) is 70.0 Å². The number of aryl methyl sites for hydroxylation is 1. The Balaban J connectivity index is 1.73. The van der Waals surface area contributed by atoms with Crippen LogP contribution in [0.1, 0.15) is 43.4 Å². The number of ether oxygens (including phenoxy) is 1. The minimum Gasteiger partial charge on any atom is -0.455 e. The average Bonchev–Trinajstić information content (AvgIpc) is 3.36. The molecule has 0 atom stereocenters. The number of esters is 1. The number of carbonyl (C=O) groups is 2. The molecule has 0 aliphatic heterocycles. The summed E-state index contributed by atoms with van der Waals surface area (Å²) in [5.74, 6) is -0.406. The third-order valence-electron chi connectivity index (χ3n) is 5.21. The predicted octanol–water partition coefficient (Wildman–Crippen LogP) is 5.55. The van der Waals surface area contributed by atoms with Crippen molar-refractivity contribution in [2.45, 2.75) is 47.8 Å². The van der Waals surface area contributed by atoms with Crippen LogP contribution in [0.25, 0.3) is 6.08 Å². The van der Waals surface area contributed by atoms with E-state index in [1.807, 2.05) is 56.3 Å². The molecular formula is C26H28N4O3S. The molecule has 0 saturated carbocycles. The molecule has 8 heteroatoms. The highest BCUT2D eigenvalue weighted by molar-refractivity contribution is 7.14. The summed E-state index contributed by atoms with van der Waals surface area (Å²) < 4.78 is 7.54. The Kier molecular flexibility index (Phi) is 8.03. The van der Waals surface area contributed by atoms with Gasteiger partial charge in [0.05, 0.1) is 11.4 Å². The van der Waals surface area contributed by atoms with E-state index in [1.54, 1.807) is 11.5 Å². The Morgan fingerprint density at radius 1 is 1.26 bits per heavy atom. The van der Waals surface area contributed by atoms with Gasteiger partial charge in [-0.3, -0.25) is 9.69 Å². The Morgan fingerprint density at radius 2 is 1.97 bits per heavy atom. The largest absolute Gasteiger partial charge is 0.455 e. The van der Waals surface area contributed by atoms with Crippen LogP contribution >= 0.6 is 11.3 Å². The molecule has 0 bridgehead atoms. The SMILES string of the molecule is CC(=O)N(c1ccccc1)c1nc(COC(=O)/C(C#N)=C/c2cc(C)n(CC(C)C)c2C)cs1. The van der Waals surface area contributed by atoms with Crippen LogP contribution in [0.2, 0.25) is 0 Å². The van der Waals surface area contributed by atoms with Crippen LogP contribution in [0.3, 0.4) is 0 Å². The molecule has 7 nitrogen and oxygen atoms in total. The molecule has 0 unspecified atom stereocenters. The molecule has 3 aromatic rings. The summed E-state index contributed by atoms with van der Waals surface area (Å²) in [7, 11) is 0. The molecule has 0 aliphatic carbocycles. The van der Waals surface area contributed by atoms with E-state index in [2.05, 4.69) is 23.4 Å². The van der Waals surface area contributed by atoms with Crippen LogP contribution in [0.5, 0.6) is 0 Å². The third-order valence-corrected chi connectivity index (χ3v) is 6.09. The van der Waals surface area contributed by atoms with E-state index in [-0.39, 0.29) is 18.1 Å². The van der Waals surface area contributed by atoms with Gasteiger partial charge in [-0.25, -0.2) is 9.78 Å². The van der Waals surface area contributed by atoms with Crippen LogP contribution in [-0.4, -0.2) is 21.4 Å². The molecule has 1 amide bonds. The second-order valence-electron chi connectivity index (χ2n) is 8.39. The zero-order valence-corrected chi connectivity index (χ0v) is 20.8. The molecule has 2 heterocycles. The molecule has 34 heavy (non-hydrogen) atoms. The van der Waals surface area contributed by atoms with Gasteiger partial charge in [0.2, 0.25) is 5.91 Å². The van der Waals surface area contributed by atoms with Gasteiger partial charge in [0, 0.05) is 30.2 Å². The topological polar surface area (TPSA) is 88.2 Å². The van der Waals surface area contributed by atoms with Crippen LogP contribution in [0, 0.1) is 31.1 Å². The summed E-state index contributed by atoms with van der Waals surface area (Å²) in [5, 5.41) is 11.8. The van der Waals surface area contributed by atoms with Crippen molar-refractivity contribution in [1.29, 1.82) is 5.26 Å². The summed E-state index contributed by atoms with van der Waals surface area (Å²) >= 11 is 1.28. The van der Waals surface area contributed by atoms with Crippen molar-refractivity contribution in [3.63, 3.8) is 0 Å². The highest BCUT2D eigenvalue weighted by atomic mass is 32.1. The van der Waals surface area contributed by atoms with Gasteiger partial charge < -0.3 is 9.30 Å². The van der Waals surface area contributed by atoms with E-state index in [4.69, 9.17) is 4.74 Å². The number of hydrogen-bond donors (Lipinski definition) is 0. The van der Waals surface area contributed by atoms with E-state index < -0.39 is 5.97 Å². The monoisotopic (exact) mass is 476 g/mol. The maximum absolute atomic E-state index is 12.6. The fourth-order valence-corrected chi connectivity index (χ4v) is 4.47. The molecule has 0 aliphatic rings. The van der Waals surface area contributed by atoms with E-state index in [9.17, 15) is 14.9 Å². The Morgan fingerprint density at radius 3 is 2.59 bits per heavy atom.